The summed E-state index contributed by atoms with van der Waals surface area (Å²) >= 11 is 3.65. The summed E-state index contributed by atoms with van der Waals surface area (Å²) < 4.78 is 3.47. The molecular weight excluding hydrogens is 322 g/mol. The van der Waals surface area contributed by atoms with E-state index in [1.165, 1.54) is 33.1 Å². The third-order valence-electron chi connectivity index (χ3n) is 3.99. The van der Waals surface area contributed by atoms with Gasteiger partial charge < -0.3 is 4.57 Å². The molecule has 3 aromatic carbocycles. The number of aromatic nitrogens is 1. The average Bonchev–Trinajstić information content (AvgIpc) is 2.85. The van der Waals surface area contributed by atoms with Crippen molar-refractivity contribution in [2.75, 3.05) is 0 Å². The first kappa shape index (κ1) is 12.7. The van der Waals surface area contributed by atoms with Crippen LogP contribution in [0.2, 0.25) is 0 Å². The van der Waals surface area contributed by atoms with E-state index in [1.807, 2.05) is 0 Å². The van der Waals surface area contributed by atoms with E-state index < -0.39 is 0 Å². The summed E-state index contributed by atoms with van der Waals surface area (Å²) in [6, 6.07) is 23.7. The highest BCUT2D eigenvalue weighted by Crippen LogP contribution is 2.32. The maximum absolute atomic E-state index is 3.65. The van der Waals surface area contributed by atoms with E-state index in [4.69, 9.17) is 0 Å². The lowest BCUT2D eigenvalue weighted by Gasteiger charge is -2.09. The molecule has 102 valence electrons. The van der Waals surface area contributed by atoms with Crippen LogP contribution in [0, 0.1) is 6.92 Å². The largest absolute Gasteiger partial charge is 0.309 e. The van der Waals surface area contributed by atoms with Crippen LogP contribution in [0.1, 0.15) is 5.56 Å². The van der Waals surface area contributed by atoms with Crippen molar-refractivity contribution in [1.29, 1.82) is 0 Å². The van der Waals surface area contributed by atoms with Crippen LogP contribution in [0.15, 0.2) is 71.2 Å². The number of benzene rings is 3. The molecule has 2 heteroatoms. The maximum atomic E-state index is 3.65. The Labute approximate surface area is 132 Å². The lowest BCUT2D eigenvalue weighted by Crippen LogP contribution is -1.94. The van der Waals surface area contributed by atoms with Gasteiger partial charge in [-0.3, -0.25) is 0 Å². The Morgan fingerprint density at radius 3 is 1.90 bits per heavy atom. The van der Waals surface area contributed by atoms with Gasteiger partial charge in [-0.15, -0.1) is 0 Å². The molecule has 0 aliphatic heterocycles. The zero-order valence-electron chi connectivity index (χ0n) is 11.7. The van der Waals surface area contributed by atoms with Crippen molar-refractivity contribution in [3.63, 3.8) is 0 Å². The number of hydrogen-bond acceptors (Lipinski definition) is 0. The zero-order chi connectivity index (χ0) is 14.4. The number of nitrogens with zero attached hydrogens (tertiary/aromatic N) is 1. The van der Waals surface area contributed by atoms with Crippen molar-refractivity contribution in [2.45, 2.75) is 6.92 Å². The molecule has 1 aromatic heterocycles. The first-order valence-corrected chi connectivity index (χ1v) is 7.80. The minimum absolute atomic E-state index is 1.14. The summed E-state index contributed by atoms with van der Waals surface area (Å²) in [4.78, 5) is 0. The molecule has 0 bridgehead atoms. The van der Waals surface area contributed by atoms with Gasteiger partial charge in [-0.05, 0) is 36.8 Å². The maximum Gasteiger partial charge on any atom is 0.0541 e. The third-order valence-corrected chi connectivity index (χ3v) is 4.85. The Hall–Kier alpha value is -2.06. The van der Waals surface area contributed by atoms with Gasteiger partial charge in [0.15, 0.2) is 0 Å². The van der Waals surface area contributed by atoms with Crippen molar-refractivity contribution in [2.24, 2.45) is 0 Å². The van der Waals surface area contributed by atoms with Crippen LogP contribution in [0.3, 0.4) is 0 Å². The van der Waals surface area contributed by atoms with Gasteiger partial charge in [-0.25, -0.2) is 0 Å². The fourth-order valence-corrected chi connectivity index (χ4v) is 3.29. The van der Waals surface area contributed by atoms with Crippen LogP contribution in [0.5, 0.6) is 0 Å². The first-order chi connectivity index (χ1) is 10.3. The minimum Gasteiger partial charge on any atom is -0.309 e. The SMILES string of the molecule is Cc1ccc(-n2c3ccccc3c3ccccc32)cc1Br. The number of aryl methyl sites for hydroxylation is 1. The van der Waals surface area contributed by atoms with Crippen molar-refractivity contribution < 1.29 is 0 Å². The number of fused-ring (bicyclic) bond motifs is 3. The van der Waals surface area contributed by atoms with Crippen LogP contribution in [0.4, 0.5) is 0 Å². The molecule has 21 heavy (non-hydrogen) atoms. The van der Waals surface area contributed by atoms with Crippen LogP contribution in [-0.4, -0.2) is 4.57 Å². The highest BCUT2D eigenvalue weighted by molar-refractivity contribution is 9.10. The monoisotopic (exact) mass is 335 g/mol. The second-order valence-electron chi connectivity index (χ2n) is 5.30. The lowest BCUT2D eigenvalue weighted by molar-refractivity contribution is 1.17. The smallest absolute Gasteiger partial charge is 0.0541 e. The van der Waals surface area contributed by atoms with Gasteiger partial charge in [-0.2, -0.15) is 0 Å². The van der Waals surface area contributed by atoms with Crippen molar-refractivity contribution in [1.82, 2.24) is 4.57 Å². The van der Waals surface area contributed by atoms with Gasteiger partial charge in [0.05, 0.1) is 11.0 Å². The second kappa shape index (κ2) is 4.74. The molecule has 0 atom stereocenters. The predicted octanol–water partition coefficient (Wildman–Crippen LogP) is 5.85. The molecule has 0 fully saturated rings. The molecule has 0 radical (unpaired) electrons. The Kier molecular flexibility index (Phi) is 2.86. The van der Waals surface area contributed by atoms with E-state index in [0.29, 0.717) is 0 Å². The van der Waals surface area contributed by atoms with E-state index in [-0.39, 0.29) is 0 Å². The number of rotatable bonds is 1. The minimum atomic E-state index is 1.14. The topological polar surface area (TPSA) is 4.93 Å². The summed E-state index contributed by atoms with van der Waals surface area (Å²) in [6.45, 7) is 2.11. The highest BCUT2D eigenvalue weighted by Gasteiger charge is 2.11. The fraction of sp³-hybridized carbons (Fsp3) is 0.0526. The van der Waals surface area contributed by atoms with Gasteiger partial charge in [0.2, 0.25) is 0 Å². The molecule has 0 amide bonds. The van der Waals surface area contributed by atoms with Gasteiger partial charge in [0.25, 0.3) is 0 Å². The Bertz CT molecular complexity index is 913. The second-order valence-corrected chi connectivity index (χ2v) is 6.16. The van der Waals surface area contributed by atoms with Crippen molar-refractivity contribution in [3.8, 4) is 5.69 Å². The van der Waals surface area contributed by atoms with Gasteiger partial charge in [-0.1, -0.05) is 58.4 Å². The molecule has 4 rings (SSSR count). The summed E-state index contributed by atoms with van der Waals surface area (Å²) in [5.41, 5.74) is 4.92. The van der Waals surface area contributed by atoms with Crippen LogP contribution < -0.4 is 0 Å². The van der Waals surface area contributed by atoms with Crippen LogP contribution >= 0.6 is 15.9 Å². The number of para-hydroxylation sites is 2. The molecular formula is C19H14BrN. The lowest BCUT2D eigenvalue weighted by atomic mass is 10.2. The summed E-state index contributed by atoms with van der Waals surface area (Å²) in [5.74, 6) is 0. The average molecular weight is 336 g/mol. The Morgan fingerprint density at radius 1 is 0.762 bits per heavy atom. The molecule has 0 saturated heterocycles. The first-order valence-electron chi connectivity index (χ1n) is 7.00. The molecule has 0 unspecified atom stereocenters. The molecule has 0 saturated carbocycles. The molecule has 0 aliphatic rings. The van der Waals surface area contributed by atoms with Gasteiger partial charge >= 0.3 is 0 Å². The predicted molar refractivity (Wildman–Crippen MR) is 93.2 cm³/mol. The van der Waals surface area contributed by atoms with E-state index >= 15 is 0 Å². The number of halogens is 1. The van der Waals surface area contributed by atoms with Gasteiger partial charge in [0, 0.05) is 20.9 Å². The quantitative estimate of drug-likeness (QED) is 0.411. The van der Waals surface area contributed by atoms with Gasteiger partial charge in [0.1, 0.15) is 0 Å². The van der Waals surface area contributed by atoms with Crippen molar-refractivity contribution in [3.05, 3.63) is 76.8 Å². The number of hydrogen-bond donors (Lipinski definition) is 0. The summed E-state index contributed by atoms with van der Waals surface area (Å²) in [7, 11) is 0. The fourth-order valence-electron chi connectivity index (χ4n) is 2.92. The standard InChI is InChI=1S/C19H14BrN/c1-13-10-11-14(12-17(13)20)21-18-8-4-2-6-15(18)16-7-3-5-9-19(16)21/h2-12H,1H3. The van der Waals surface area contributed by atoms with E-state index in [1.54, 1.807) is 0 Å². The Balaban J connectivity index is 2.17. The zero-order valence-corrected chi connectivity index (χ0v) is 13.3. The molecule has 1 nitrogen and oxygen atoms in total. The Morgan fingerprint density at radius 2 is 1.33 bits per heavy atom. The molecule has 0 N–H and O–H groups in total. The van der Waals surface area contributed by atoms with Crippen LogP contribution in [0.25, 0.3) is 27.5 Å². The summed E-state index contributed by atoms with van der Waals surface area (Å²) in [6.07, 6.45) is 0. The third kappa shape index (κ3) is 1.90. The van der Waals surface area contributed by atoms with Crippen LogP contribution in [-0.2, 0) is 0 Å². The van der Waals surface area contributed by atoms with E-state index in [9.17, 15) is 0 Å². The summed E-state index contributed by atoms with van der Waals surface area (Å²) in [5, 5.41) is 2.59. The molecule has 4 aromatic rings. The molecule has 1 heterocycles. The van der Waals surface area contributed by atoms with E-state index in [0.717, 1.165) is 4.47 Å². The highest BCUT2D eigenvalue weighted by atomic mass is 79.9. The molecule has 0 spiro atoms. The molecule has 0 aliphatic carbocycles. The van der Waals surface area contributed by atoms with E-state index in [2.05, 4.69) is 94.2 Å². The van der Waals surface area contributed by atoms with Crippen molar-refractivity contribution >= 4 is 37.7 Å². The normalized spacial score (nSPS) is 11.3.